The third-order valence-corrected chi connectivity index (χ3v) is 5.97. The summed E-state index contributed by atoms with van der Waals surface area (Å²) in [6.45, 7) is 1.96. The number of aromatic nitrogens is 6. The molecular formula is C25H19FN6. The first-order valence-corrected chi connectivity index (χ1v) is 10.3. The van der Waals surface area contributed by atoms with Crippen LogP contribution < -0.4 is 0 Å². The zero-order valence-electron chi connectivity index (χ0n) is 17.5. The summed E-state index contributed by atoms with van der Waals surface area (Å²) < 4.78 is 16.5. The Morgan fingerprint density at radius 1 is 0.938 bits per heavy atom. The minimum absolute atomic E-state index is 0.245. The molecule has 0 radical (unpaired) electrons. The maximum atomic E-state index is 14.5. The van der Waals surface area contributed by atoms with Crippen molar-refractivity contribution in [2.75, 3.05) is 0 Å². The van der Waals surface area contributed by atoms with Crippen molar-refractivity contribution in [3.05, 3.63) is 78.5 Å². The van der Waals surface area contributed by atoms with Crippen molar-refractivity contribution in [2.24, 2.45) is 7.05 Å². The molecule has 0 amide bonds. The fraction of sp³-hybridized carbons (Fsp3) is 0.0800. The maximum Gasteiger partial charge on any atom is 0.135 e. The number of hydrogen-bond donors (Lipinski definition) is 2. The van der Waals surface area contributed by atoms with Gasteiger partial charge in [0, 0.05) is 23.5 Å². The maximum absolute atomic E-state index is 14.5. The molecule has 6 nitrogen and oxygen atoms in total. The third kappa shape index (κ3) is 2.75. The van der Waals surface area contributed by atoms with E-state index in [1.165, 1.54) is 6.07 Å². The molecule has 6 rings (SSSR count). The lowest BCUT2D eigenvalue weighted by Gasteiger charge is -2.04. The van der Waals surface area contributed by atoms with Gasteiger partial charge in [-0.15, -0.1) is 0 Å². The van der Waals surface area contributed by atoms with Crippen molar-refractivity contribution in [1.29, 1.82) is 0 Å². The number of halogens is 1. The fourth-order valence-corrected chi connectivity index (χ4v) is 4.17. The van der Waals surface area contributed by atoms with Crippen LogP contribution in [0.5, 0.6) is 0 Å². The van der Waals surface area contributed by atoms with Gasteiger partial charge in [0.25, 0.3) is 0 Å². The fourth-order valence-electron chi connectivity index (χ4n) is 4.17. The van der Waals surface area contributed by atoms with Crippen molar-refractivity contribution in [2.45, 2.75) is 6.92 Å². The number of imidazole rings is 1. The van der Waals surface area contributed by atoms with Crippen molar-refractivity contribution in [3.8, 4) is 33.9 Å². The van der Waals surface area contributed by atoms with Gasteiger partial charge in [-0.2, -0.15) is 5.10 Å². The first kappa shape index (κ1) is 18.5. The van der Waals surface area contributed by atoms with Gasteiger partial charge in [0.15, 0.2) is 0 Å². The molecule has 0 atom stereocenters. The van der Waals surface area contributed by atoms with Crippen LogP contribution >= 0.6 is 0 Å². The lowest BCUT2D eigenvalue weighted by atomic mass is 10.0. The molecular weight excluding hydrogens is 403 g/mol. The SMILES string of the molecule is Cc1ncc(-c2ccc3[nH]nc(-c4cc5c(-c6ccccc6F)cccc5[nH]4)c3n2)n1C. The van der Waals surface area contributed by atoms with Gasteiger partial charge in [-0.25, -0.2) is 14.4 Å². The summed E-state index contributed by atoms with van der Waals surface area (Å²) in [4.78, 5) is 12.7. The molecule has 4 aromatic heterocycles. The summed E-state index contributed by atoms with van der Waals surface area (Å²) in [5.41, 5.74) is 7.23. The van der Waals surface area contributed by atoms with Crippen molar-refractivity contribution < 1.29 is 4.39 Å². The monoisotopic (exact) mass is 422 g/mol. The molecule has 2 N–H and O–H groups in total. The van der Waals surface area contributed by atoms with E-state index in [9.17, 15) is 4.39 Å². The van der Waals surface area contributed by atoms with E-state index in [1.54, 1.807) is 12.1 Å². The van der Waals surface area contributed by atoms with Gasteiger partial charge in [0.2, 0.25) is 0 Å². The Hall–Kier alpha value is -4.26. The first-order chi connectivity index (χ1) is 15.6. The second kappa shape index (κ2) is 6.88. The Bertz CT molecular complexity index is 1620. The molecule has 0 saturated heterocycles. The standard InChI is InChI=1S/C25H19FN6/c1-14-27-13-23(32(14)2)20-10-11-21-24(29-20)25(31-30-21)22-12-17-15(7-5-9-19(17)28-22)16-6-3-4-8-18(16)26/h3-13,28H,1-2H3,(H,30,31). The van der Waals surface area contributed by atoms with Gasteiger partial charge in [0.1, 0.15) is 22.9 Å². The molecule has 6 aromatic rings. The highest BCUT2D eigenvalue weighted by atomic mass is 19.1. The van der Waals surface area contributed by atoms with E-state index in [1.807, 2.05) is 67.2 Å². The number of nitrogens with zero attached hydrogens (tertiary/aromatic N) is 4. The molecule has 0 aliphatic rings. The van der Waals surface area contributed by atoms with Crippen LogP contribution in [0.25, 0.3) is 55.8 Å². The van der Waals surface area contributed by atoms with Crippen LogP contribution in [-0.2, 0) is 7.05 Å². The van der Waals surface area contributed by atoms with Crippen LogP contribution in [0.4, 0.5) is 4.39 Å². The predicted molar refractivity (Wildman–Crippen MR) is 124 cm³/mol. The summed E-state index contributed by atoms with van der Waals surface area (Å²) in [7, 11) is 1.97. The van der Waals surface area contributed by atoms with Crippen molar-refractivity contribution >= 4 is 21.9 Å². The first-order valence-electron chi connectivity index (χ1n) is 10.3. The Morgan fingerprint density at radius 2 is 1.78 bits per heavy atom. The number of rotatable bonds is 3. The van der Waals surface area contributed by atoms with E-state index >= 15 is 0 Å². The Morgan fingerprint density at radius 3 is 2.59 bits per heavy atom. The van der Waals surface area contributed by atoms with Crippen LogP contribution in [0, 0.1) is 12.7 Å². The Balaban J connectivity index is 1.53. The molecule has 0 unspecified atom stereocenters. The van der Waals surface area contributed by atoms with Gasteiger partial charge < -0.3 is 9.55 Å². The molecule has 0 aliphatic heterocycles. The highest BCUT2D eigenvalue weighted by molar-refractivity contribution is 6.00. The molecule has 156 valence electrons. The van der Waals surface area contributed by atoms with Crippen molar-refractivity contribution in [3.63, 3.8) is 0 Å². The summed E-state index contributed by atoms with van der Waals surface area (Å²) in [6, 6.07) is 18.6. The number of nitrogens with one attached hydrogen (secondary N) is 2. The van der Waals surface area contributed by atoms with E-state index in [0.29, 0.717) is 5.56 Å². The summed E-state index contributed by atoms with van der Waals surface area (Å²) in [5, 5.41) is 8.53. The predicted octanol–water partition coefficient (Wildman–Crippen LogP) is 5.62. The van der Waals surface area contributed by atoms with E-state index in [-0.39, 0.29) is 5.82 Å². The summed E-state index contributed by atoms with van der Waals surface area (Å²) in [6.07, 6.45) is 1.83. The lowest BCUT2D eigenvalue weighted by Crippen LogP contribution is -1.96. The van der Waals surface area contributed by atoms with Crippen LogP contribution in [0.1, 0.15) is 5.82 Å². The zero-order chi connectivity index (χ0) is 21.8. The molecule has 0 saturated carbocycles. The van der Waals surface area contributed by atoms with E-state index in [0.717, 1.165) is 56.1 Å². The molecule has 0 spiro atoms. The second-order valence-electron chi connectivity index (χ2n) is 7.84. The van der Waals surface area contributed by atoms with Crippen LogP contribution in [0.2, 0.25) is 0 Å². The van der Waals surface area contributed by atoms with E-state index in [2.05, 4.69) is 20.2 Å². The zero-order valence-corrected chi connectivity index (χ0v) is 17.5. The van der Waals surface area contributed by atoms with Gasteiger partial charge in [-0.3, -0.25) is 5.10 Å². The highest BCUT2D eigenvalue weighted by Gasteiger charge is 2.17. The van der Waals surface area contributed by atoms with Gasteiger partial charge in [-0.1, -0.05) is 30.3 Å². The summed E-state index contributed by atoms with van der Waals surface area (Å²) >= 11 is 0. The van der Waals surface area contributed by atoms with Crippen molar-refractivity contribution in [1.82, 2.24) is 29.7 Å². The second-order valence-corrected chi connectivity index (χ2v) is 7.84. The minimum Gasteiger partial charge on any atom is -0.353 e. The molecule has 7 heteroatoms. The normalized spacial score (nSPS) is 11.6. The molecule has 4 heterocycles. The van der Waals surface area contributed by atoms with E-state index in [4.69, 9.17) is 4.98 Å². The number of aromatic amines is 2. The number of benzene rings is 2. The topological polar surface area (TPSA) is 75.2 Å². The Labute approximate surface area is 182 Å². The minimum atomic E-state index is -0.245. The van der Waals surface area contributed by atoms with Crippen LogP contribution in [0.15, 0.2) is 66.9 Å². The number of pyridine rings is 1. The Kier molecular flexibility index (Phi) is 3.98. The van der Waals surface area contributed by atoms with Gasteiger partial charge in [0.05, 0.1) is 28.8 Å². The molecule has 0 aliphatic carbocycles. The molecule has 32 heavy (non-hydrogen) atoms. The number of aryl methyl sites for hydroxylation is 1. The number of fused-ring (bicyclic) bond motifs is 2. The average Bonchev–Trinajstić information content (AvgIpc) is 3.50. The number of hydrogen-bond acceptors (Lipinski definition) is 3. The van der Waals surface area contributed by atoms with Gasteiger partial charge >= 0.3 is 0 Å². The largest absolute Gasteiger partial charge is 0.353 e. The van der Waals surface area contributed by atoms with Crippen LogP contribution in [0.3, 0.4) is 0 Å². The van der Waals surface area contributed by atoms with E-state index < -0.39 is 0 Å². The van der Waals surface area contributed by atoms with Gasteiger partial charge in [-0.05, 0) is 42.8 Å². The molecule has 2 aromatic carbocycles. The number of H-pyrrole nitrogens is 2. The molecule has 0 bridgehead atoms. The highest BCUT2D eigenvalue weighted by Crippen LogP contribution is 2.35. The quantitative estimate of drug-likeness (QED) is 0.389. The molecule has 0 fully saturated rings. The average molecular weight is 422 g/mol. The lowest BCUT2D eigenvalue weighted by molar-refractivity contribution is 0.631. The summed E-state index contributed by atoms with van der Waals surface area (Å²) in [5.74, 6) is 0.677. The third-order valence-electron chi connectivity index (χ3n) is 5.97. The smallest absolute Gasteiger partial charge is 0.135 e. The van der Waals surface area contributed by atoms with Crippen LogP contribution in [-0.4, -0.2) is 29.7 Å².